The summed E-state index contributed by atoms with van der Waals surface area (Å²) >= 11 is 0. The van der Waals surface area contributed by atoms with Gasteiger partial charge in [0, 0.05) is 19.5 Å². The van der Waals surface area contributed by atoms with Crippen LogP contribution in [-0.4, -0.2) is 29.2 Å². The molecule has 88 valence electrons. The normalized spacial score (nSPS) is 10.1. The molecule has 0 saturated carbocycles. The van der Waals surface area contributed by atoms with Gasteiger partial charge in [-0.3, -0.25) is 4.79 Å². The van der Waals surface area contributed by atoms with E-state index in [1.807, 2.05) is 0 Å². The average Bonchev–Trinajstić information content (AvgIpc) is 2.24. The summed E-state index contributed by atoms with van der Waals surface area (Å²) in [6.07, 6.45) is 0.922. The second kappa shape index (κ2) is 5.97. The van der Waals surface area contributed by atoms with Crippen molar-refractivity contribution in [2.75, 3.05) is 13.1 Å². The van der Waals surface area contributed by atoms with Crippen LogP contribution >= 0.6 is 0 Å². The SMILES string of the molecule is NCCC(=O)NCCc1ccc(O)c(O)c1. The van der Waals surface area contributed by atoms with Crippen LogP contribution in [0.3, 0.4) is 0 Å². The number of aromatic hydroxyl groups is 2. The van der Waals surface area contributed by atoms with Gasteiger partial charge in [-0.15, -0.1) is 0 Å². The van der Waals surface area contributed by atoms with Gasteiger partial charge in [0.15, 0.2) is 11.5 Å². The van der Waals surface area contributed by atoms with Crippen LogP contribution in [0.2, 0.25) is 0 Å². The van der Waals surface area contributed by atoms with Crippen LogP contribution in [0, 0.1) is 0 Å². The van der Waals surface area contributed by atoms with Gasteiger partial charge in [-0.25, -0.2) is 0 Å². The standard InChI is InChI=1S/C11H16N2O3/c12-5-3-11(16)13-6-4-8-1-2-9(14)10(15)7-8/h1-2,7,14-15H,3-6,12H2,(H,13,16). The number of carbonyl (C=O) groups is 1. The third-order valence-electron chi connectivity index (χ3n) is 2.15. The van der Waals surface area contributed by atoms with E-state index in [1.165, 1.54) is 12.1 Å². The van der Waals surface area contributed by atoms with Gasteiger partial charge in [0.1, 0.15) is 0 Å². The van der Waals surface area contributed by atoms with Crippen LogP contribution in [0.1, 0.15) is 12.0 Å². The van der Waals surface area contributed by atoms with E-state index in [0.717, 1.165) is 5.56 Å². The highest BCUT2D eigenvalue weighted by Crippen LogP contribution is 2.24. The molecule has 5 heteroatoms. The Morgan fingerprint density at radius 3 is 2.69 bits per heavy atom. The van der Waals surface area contributed by atoms with E-state index in [-0.39, 0.29) is 17.4 Å². The molecule has 1 rings (SSSR count). The lowest BCUT2D eigenvalue weighted by atomic mass is 10.1. The van der Waals surface area contributed by atoms with Gasteiger partial charge >= 0.3 is 0 Å². The van der Waals surface area contributed by atoms with Crippen molar-refractivity contribution in [3.05, 3.63) is 23.8 Å². The predicted molar refractivity (Wildman–Crippen MR) is 60.2 cm³/mol. The number of amides is 1. The highest BCUT2D eigenvalue weighted by Gasteiger charge is 2.02. The van der Waals surface area contributed by atoms with Gasteiger partial charge in [-0.05, 0) is 24.1 Å². The molecule has 1 aromatic carbocycles. The maximum Gasteiger partial charge on any atom is 0.221 e. The molecular weight excluding hydrogens is 208 g/mol. The Hall–Kier alpha value is -1.75. The molecule has 0 aromatic heterocycles. The maximum absolute atomic E-state index is 11.1. The first-order valence-corrected chi connectivity index (χ1v) is 5.11. The van der Waals surface area contributed by atoms with E-state index in [4.69, 9.17) is 10.8 Å². The Morgan fingerprint density at radius 1 is 1.31 bits per heavy atom. The smallest absolute Gasteiger partial charge is 0.221 e. The van der Waals surface area contributed by atoms with E-state index in [9.17, 15) is 9.90 Å². The quantitative estimate of drug-likeness (QED) is 0.534. The van der Waals surface area contributed by atoms with E-state index < -0.39 is 0 Å². The topological polar surface area (TPSA) is 95.6 Å². The first-order valence-electron chi connectivity index (χ1n) is 5.11. The average molecular weight is 224 g/mol. The predicted octanol–water partition coefficient (Wildman–Crippen LogP) is 0.105. The zero-order chi connectivity index (χ0) is 12.0. The molecule has 0 aliphatic carbocycles. The number of benzene rings is 1. The van der Waals surface area contributed by atoms with Crippen LogP contribution in [0.15, 0.2) is 18.2 Å². The van der Waals surface area contributed by atoms with Crippen LogP contribution in [0.5, 0.6) is 11.5 Å². The molecule has 5 nitrogen and oxygen atoms in total. The summed E-state index contributed by atoms with van der Waals surface area (Å²) in [5.41, 5.74) is 6.08. The first-order chi connectivity index (χ1) is 7.63. The Labute approximate surface area is 93.9 Å². The van der Waals surface area contributed by atoms with Crippen molar-refractivity contribution in [3.8, 4) is 11.5 Å². The molecule has 0 bridgehead atoms. The summed E-state index contributed by atoms with van der Waals surface area (Å²) < 4.78 is 0. The van der Waals surface area contributed by atoms with Crippen molar-refractivity contribution in [2.45, 2.75) is 12.8 Å². The van der Waals surface area contributed by atoms with Crippen molar-refractivity contribution < 1.29 is 15.0 Å². The molecule has 0 saturated heterocycles. The molecular formula is C11H16N2O3. The highest BCUT2D eigenvalue weighted by atomic mass is 16.3. The monoisotopic (exact) mass is 224 g/mol. The van der Waals surface area contributed by atoms with Crippen molar-refractivity contribution in [1.82, 2.24) is 5.32 Å². The molecule has 0 heterocycles. The second-order valence-corrected chi connectivity index (χ2v) is 3.46. The largest absolute Gasteiger partial charge is 0.504 e. The van der Waals surface area contributed by atoms with Crippen LogP contribution in [0.4, 0.5) is 0 Å². The number of nitrogens with one attached hydrogen (secondary N) is 1. The van der Waals surface area contributed by atoms with E-state index in [0.29, 0.717) is 25.9 Å². The van der Waals surface area contributed by atoms with E-state index in [1.54, 1.807) is 6.07 Å². The van der Waals surface area contributed by atoms with Gasteiger partial charge < -0.3 is 21.3 Å². The lowest BCUT2D eigenvalue weighted by Crippen LogP contribution is -2.27. The molecule has 0 atom stereocenters. The zero-order valence-electron chi connectivity index (χ0n) is 8.94. The third kappa shape index (κ3) is 3.78. The van der Waals surface area contributed by atoms with Gasteiger partial charge in [-0.2, -0.15) is 0 Å². The molecule has 0 fully saturated rings. The molecule has 1 amide bonds. The van der Waals surface area contributed by atoms with Crippen molar-refractivity contribution in [1.29, 1.82) is 0 Å². The van der Waals surface area contributed by atoms with Crippen LogP contribution < -0.4 is 11.1 Å². The Balaban J connectivity index is 2.37. The number of hydrogen-bond donors (Lipinski definition) is 4. The van der Waals surface area contributed by atoms with Crippen molar-refractivity contribution >= 4 is 5.91 Å². The number of carbonyl (C=O) groups excluding carboxylic acids is 1. The van der Waals surface area contributed by atoms with E-state index in [2.05, 4.69) is 5.32 Å². The molecule has 0 aliphatic heterocycles. The number of hydrogen-bond acceptors (Lipinski definition) is 4. The zero-order valence-corrected chi connectivity index (χ0v) is 8.94. The van der Waals surface area contributed by atoms with Gasteiger partial charge in [-0.1, -0.05) is 6.07 Å². The van der Waals surface area contributed by atoms with Gasteiger partial charge in [0.05, 0.1) is 0 Å². The Morgan fingerprint density at radius 2 is 2.06 bits per heavy atom. The summed E-state index contributed by atoms with van der Waals surface area (Å²) in [6, 6.07) is 4.60. The van der Waals surface area contributed by atoms with Crippen molar-refractivity contribution in [3.63, 3.8) is 0 Å². The lowest BCUT2D eigenvalue weighted by Gasteiger charge is -2.05. The number of rotatable bonds is 5. The number of phenolic OH excluding ortho intramolecular Hbond substituents is 2. The minimum Gasteiger partial charge on any atom is -0.504 e. The minimum atomic E-state index is -0.147. The minimum absolute atomic E-state index is 0.0782. The fourth-order valence-electron chi connectivity index (χ4n) is 1.29. The molecule has 0 spiro atoms. The number of phenols is 2. The van der Waals surface area contributed by atoms with Crippen LogP contribution in [0.25, 0.3) is 0 Å². The summed E-state index contributed by atoms with van der Waals surface area (Å²) in [7, 11) is 0. The van der Waals surface area contributed by atoms with E-state index >= 15 is 0 Å². The summed E-state index contributed by atoms with van der Waals surface area (Å²) in [4.78, 5) is 11.1. The highest BCUT2D eigenvalue weighted by molar-refractivity contribution is 5.76. The molecule has 16 heavy (non-hydrogen) atoms. The fraction of sp³-hybridized carbons (Fsp3) is 0.364. The molecule has 5 N–H and O–H groups in total. The molecule has 1 aromatic rings. The summed E-state index contributed by atoms with van der Waals surface area (Å²) in [5, 5.41) is 21.0. The number of nitrogens with two attached hydrogens (primary N) is 1. The fourth-order valence-corrected chi connectivity index (χ4v) is 1.29. The first kappa shape index (κ1) is 12.3. The molecule has 0 unspecified atom stereocenters. The summed E-state index contributed by atoms with van der Waals surface area (Å²) in [6.45, 7) is 0.828. The molecule has 0 aliphatic rings. The molecule has 0 radical (unpaired) electrons. The Bertz CT molecular complexity index is 366. The second-order valence-electron chi connectivity index (χ2n) is 3.46. The third-order valence-corrected chi connectivity index (χ3v) is 2.15. The lowest BCUT2D eigenvalue weighted by molar-refractivity contribution is -0.120. The van der Waals surface area contributed by atoms with Gasteiger partial charge in [0.25, 0.3) is 0 Å². The Kier molecular flexibility index (Phi) is 4.60. The van der Waals surface area contributed by atoms with Crippen LogP contribution in [-0.2, 0) is 11.2 Å². The summed E-state index contributed by atoms with van der Waals surface area (Å²) in [5.74, 6) is -0.368. The van der Waals surface area contributed by atoms with Gasteiger partial charge in [0.2, 0.25) is 5.91 Å². The van der Waals surface area contributed by atoms with Crippen molar-refractivity contribution in [2.24, 2.45) is 5.73 Å². The maximum atomic E-state index is 11.1.